The van der Waals surface area contributed by atoms with Crippen LogP contribution in [0.25, 0.3) is 0 Å². The van der Waals surface area contributed by atoms with Crippen molar-refractivity contribution in [1.82, 2.24) is 0 Å². The van der Waals surface area contributed by atoms with E-state index in [0.717, 1.165) is 0 Å². The Morgan fingerprint density at radius 2 is 1.12 bits per heavy atom. The van der Waals surface area contributed by atoms with E-state index >= 15 is 0 Å². The third-order valence-corrected chi connectivity index (χ3v) is 3.28. The molecular formula is C6H14O8P2. The second-order valence-corrected chi connectivity index (χ2v) is 5.94. The maximum atomic E-state index is 10.6. The first-order valence-corrected chi connectivity index (χ1v) is 7.71. The van der Waals surface area contributed by atoms with Crippen molar-refractivity contribution in [3.63, 3.8) is 0 Å². The van der Waals surface area contributed by atoms with Gasteiger partial charge in [-0.1, -0.05) is 12.8 Å². The zero-order chi connectivity index (χ0) is 12.4. The fraction of sp³-hybridized carbons (Fsp3) is 1.00. The van der Waals surface area contributed by atoms with Gasteiger partial charge in [-0.25, -0.2) is 9.13 Å². The van der Waals surface area contributed by atoms with Crippen LogP contribution in [0.15, 0.2) is 0 Å². The molecule has 0 saturated heterocycles. The second kappa shape index (κ2) is 5.25. The molecular weight excluding hydrogens is 262 g/mol. The molecule has 2 atom stereocenters. The Kier molecular flexibility index (Phi) is 4.68. The van der Waals surface area contributed by atoms with Gasteiger partial charge in [0.05, 0.1) is 12.2 Å². The quantitative estimate of drug-likeness (QED) is 0.546. The van der Waals surface area contributed by atoms with Gasteiger partial charge in [0.1, 0.15) is 0 Å². The third kappa shape index (κ3) is 5.52. The number of hydrogen-bond donors (Lipinski definition) is 4. The Morgan fingerprint density at radius 1 is 0.812 bits per heavy atom. The first-order valence-electron chi connectivity index (χ1n) is 4.65. The Morgan fingerprint density at radius 3 is 1.38 bits per heavy atom. The second-order valence-electron chi connectivity index (χ2n) is 3.55. The molecule has 0 aliphatic heterocycles. The summed E-state index contributed by atoms with van der Waals surface area (Å²) in [6.45, 7) is 0. The predicted octanol–water partition coefficient (Wildman–Crippen LogP) is 0.516. The average molecular weight is 276 g/mol. The van der Waals surface area contributed by atoms with Gasteiger partial charge < -0.3 is 19.6 Å². The summed E-state index contributed by atoms with van der Waals surface area (Å²) >= 11 is 0. The summed E-state index contributed by atoms with van der Waals surface area (Å²) in [5, 5.41) is 0. The summed E-state index contributed by atoms with van der Waals surface area (Å²) in [6, 6.07) is 0. The Labute approximate surface area is 92.1 Å². The van der Waals surface area contributed by atoms with Gasteiger partial charge in [-0.05, 0) is 12.8 Å². The first kappa shape index (κ1) is 14.3. The molecule has 1 rings (SSSR count). The van der Waals surface area contributed by atoms with Crippen LogP contribution in [-0.2, 0) is 18.2 Å². The third-order valence-electron chi connectivity index (χ3n) is 2.19. The van der Waals surface area contributed by atoms with Crippen LogP contribution >= 0.6 is 15.6 Å². The highest BCUT2D eigenvalue weighted by atomic mass is 31.2. The molecule has 0 spiro atoms. The fourth-order valence-corrected chi connectivity index (χ4v) is 2.84. The molecule has 1 aliphatic carbocycles. The van der Waals surface area contributed by atoms with E-state index in [-0.39, 0.29) is 0 Å². The minimum absolute atomic E-state index is 0.301. The molecule has 0 aromatic heterocycles. The van der Waals surface area contributed by atoms with Crippen LogP contribution in [0.2, 0.25) is 0 Å². The van der Waals surface area contributed by atoms with Gasteiger partial charge in [0, 0.05) is 0 Å². The van der Waals surface area contributed by atoms with Crippen molar-refractivity contribution in [3.8, 4) is 0 Å². The van der Waals surface area contributed by atoms with Crippen molar-refractivity contribution in [2.24, 2.45) is 0 Å². The van der Waals surface area contributed by atoms with E-state index in [1.807, 2.05) is 0 Å². The van der Waals surface area contributed by atoms with Gasteiger partial charge in [0.2, 0.25) is 0 Å². The molecule has 1 aliphatic rings. The van der Waals surface area contributed by atoms with Gasteiger partial charge in [0.15, 0.2) is 0 Å². The van der Waals surface area contributed by atoms with Crippen molar-refractivity contribution in [2.75, 3.05) is 0 Å². The van der Waals surface area contributed by atoms with Crippen LogP contribution in [0.5, 0.6) is 0 Å². The van der Waals surface area contributed by atoms with E-state index in [1.165, 1.54) is 0 Å². The summed E-state index contributed by atoms with van der Waals surface area (Å²) in [7, 11) is -9.34. The fourth-order valence-electron chi connectivity index (χ4n) is 1.66. The monoisotopic (exact) mass is 276 g/mol. The highest BCUT2D eigenvalue weighted by Gasteiger charge is 2.36. The highest BCUT2D eigenvalue weighted by Crippen LogP contribution is 2.46. The standard InChI is InChI=1S/C6H14O8P2/c7-15(8,9)13-5-3-1-2-4-6(5)14-16(10,11)12/h5-6H,1-4H2,(H2,7,8,9)(H2,10,11,12). The maximum Gasteiger partial charge on any atom is 0.469 e. The number of hydrogen-bond acceptors (Lipinski definition) is 4. The minimum atomic E-state index is -4.67. The summed E-state index contributed by atoms with van der Waals surface area (Å²) in [6.07, 6.45) is -0.0208. The Balaban J connectivity index is 2.64. The lowest BCUT2D eigenvalue weighted by Gasteiger charge is -2.30. The minimum Gasteiger partial charge on any atom is -0.303 e. The van der Waals surface area contributed by atoms with E-state index < -0.39 is 27.9 Å². The van der Waals surface area contributed by atoms with Crippen LogP contribution in [0.3, 0.4) is 0 Å². The molecule has 2 unspecified atom stereocenters. The lowest BCUT2D eigenvalue weighted by atomic mass is 9.95. The van der Waals surface area contributed by atoms with Crippen molar-refractivity contribution in [1.29, 1.82) is 0 Å². The van der Waals surface area contributed by atoms with Crippen LogP contribution in [0, 0.1) is 0 Å². The summed E-state index contributed by atoms with van der Waals surface area (Å²) in [5.74, 6) is 0. The highest BCUT2D eigenvalue weighted by molar-refractivity contribution is 7.46. The average Bonchev–Trinajstić information content (AvgIpc) is 2.03. The SMILES string of the molecule is O=P(O)(O)OC1CCCCC1OP(=O)(O)O. The molecule has 1 fully saturated rings. The largest absolute Gasteiger partial charge is 0.469 e. The Bertz CT molecular complexity index is 286. The van der Waals surface area contributed by atoms with Gasteiger partial charge in [-0.2, -0.15) is 0 Å². The first-order chi connectivity index (χ1) is 7.17. The van der Waals surface area contributed by atoms with Crippen LogP contribution in [0.4, 0.5) is 0 Å². The topological polar surface area (TPSA) is 134 Å². The molecule has 1 saturated carbocycles. The Hall–Kier alpha value is 0.220. The summed E-state index contributed by atoms with van der Waals surface area (Å²) in [4.78, 5) is 34.5. The van der Waals surface area contributed by atoms with E-state index in [9.17, 15) is 9.13 Å². The maximum absolute atomic E-state index is 10.6. The molecule has 0 radical (unpaired) electrons. The van der Waals surface area contributed by atoms with Gasteiger partial charge >= 0.3 is 15.6 Å². The smallest absolute Gasteiger partial charge is 0.303 e. The lowest BCUT2D eigenvalue weighted by Crippen LogP contribution is -2.33. The number of rotatable bonds is 4. The van der Waals surface area contributed by atoms with Gasteiger partial charge in [-0.15, -0.1) is 0 Å². The molecule has 0 aromatic carbocycles. The molecule has 96 valence electrons. The van der Waals surface area contributed by atoms with E-state index in [0.29, 0.717) is 25.7 Å². The number of phosphoric acid groups is 2. The molecule has 4 N–H and O–H groups in total. The van der Waals surface area contributed by atoms with Crippen molar-refractivity contribution in [3.05, 3.63) is 0 Å². The summed E-state index contributed by atoms with van der Waals surface area (Å²) < 4.78 is 30.1. The van der Waals surface area contributed by atoms with Crippen LogP contribution in [0.1, 0.15) is 25.7 Å². The van der Waals surface area contributed by atoms with E-state index in [4.69, 9.17) is 19.6 Å². The van der Waals surface area contributed by atoms with Crippen LogP contribution in [-0.4, -0.2) is 31.8 Å². The van der Waals surface area contributed by atoms with Crippen molar-refractivity contribution in [2.45, 2.75) is 37.9 Å². The van der Waals surface area contributed by atoms with E-state index in [2.05, 4.69) is 9.05 Å². The predicted molar refractivity (Wildman–Crippen MR) is 52.3 cm³/mol. The van der Waals surface area contributed by atoms with Crippen LogP contribution < -0.4 is 0 Å². The van der Waals surface area contributed by atoms with Gasteiger partial charge in [-0.3, -0.25) is 9.05 Å². The molecule has 10 heteroatoms. The molecule has 0 bridgehead atoms. The van der Waals surface area contributed by atoms with Gasteiger partial charge in [0.25, 0.3) is 0 Å². The molecule has 16 heavy (non-hydrogen) atoms. The normalized spacial score (nSPS) is 28.0. The molecule has 0 amide bonds. The molecule has 0 aromatic rings. The zero-order valence-electron chi connectivity index (χ0n) is 8.30. The zero-order valence-corrected chi connectivity index (χ0v) is 10.1. The summed E-state index contributed by atoms with van der Waals surface area (Å²) in [5.41, 5.74) is 0. The van der Waals surface area contributed by atoms with Crippen molar-refractivity contribution < 1.29 is 37.8 Å². The molecule has 8 nitrogen and oxygen atoms in total. The number of phosphoric ester groups is 2. The van der Waals surface area contributed by atoms with Crippen molar-refractivity contribution >= 4 is 15.6 Å². The van der Waals surface area contributed by atoms with E-state index in [1.54, 1.807) is 0 Å². The molecule has 0 heterocycles. The lowest BCUT2D eigenvalue weighted by molar-refractivity contribution is -0.00901.